The van der Waals surface area contributed by atoms with Crippen LogP contribution in [0.3, 0.4) is 0 Å². The summed E-state index contributed by atoms with van der Waals surface area (Å²) < 4.78 is 5.07. The fourth-order valence-electron chi connectivity index (χ4n) is 1.13. The second-order valence-electron chi connectivity index (χ2n) is 2.91. The molecule has 16 heavy (non-hydrogen) atoms. The van der Waals surface area contributed by atoms with E-state index in [0.29, 0.717) is 12.0 Å². The molecule has 0 bridgehead atoms. The third-order valence-corrected chi connectivity index (χ3v) is 1.81. The van der Waals surface area contributed by atoms with Crippen molar-refractivity contribution in [2.45, 2.75) is 6.54 Å². The van der Waals surface area contributed by atoms with Crippen LogP contribution in [0.1, 0.15) is 16.3 Å². The number of hydrogen-bond donors (Lipinski definition) is 0. The lowest BCUT2D eigenvalue weighted by Gasteiger charge is -1.90. The fraction of sp³-hybridized carbons (Fsp3) is 0.125. The molecule has 82 valence electrons. The topological polar surface area (TPSA) is 104 Å². The molecule has 0 aliphatic rings. The van der Waals surface area contributed by atoms with Crippen LogP contribution in [-0.2, 0) is 6.54 Å². The Morgan fingerprint density at radius 3 is 2.94 bits per heavy atom. The van der Waals surface area contributed by atoms with Crippen molar-refractivity contribution in [3.05, 3.63) is 40.0 Å². The van der Waals surface area contributed by atoms with Gasteiger partial charge in [0.25, 0.3) is 0 Å². The van der Waals surface area contributed by atoms with Crippen molar-refractivity contribution in [1.82, 2.24) is 15.0 Å². The number of carbonyl (C=O) groups is 1. The number of nitro groups is 1. The van der Waals surface area contributed by atoms with Crippen molar-refractivity contribution in [3.8, 4) is 0 Å². The van der Waals surface area contributed by atoms with Crippen LogP contribution >= 0.6 is 0 Å². The van der Waals surface area contributed by atoms with E-state index >= 15 is 0 Å². The first kappa shape index (κ1) is 10.0. The molecule has 0 aromatic carbocycles. The molecule has 0 radical (unpaired) electrons. The average Bonchev–Trinajstić information content (AvgIpc) is 2.87. The van der Waals surface area contributed by atoms with Crippen molar-refractivity contribution in [2.75, 3.05) is 0 Å². The zero-order chi connectivity index (χ0) is 11.5. The number of furan rings is 1. The van der Waals surface area contributed by atoms with E-state index in [-0.39, 0.29) is 18.1 Å². The molecule has 0 aliphatic carbocycles. The van der Waals surface area contributed by atoms with Gasteiger partial charge >= 0.3 is 5.82 Å². The van der Waals surface area contributed by atoms with Gasteiger partial charge in [-0.25, -0.2) is 0 Å². The van der Waals surface area contributed by atoms with E-state index in [4.69, 9.17) is 4.42 Å². The molecule has 0 saturated carbocycles. The largest absolute Gasteiger partial charge is 0.456 e. The van der Waals surface area contributed by atoms with Gasteiger partial charge in [0.15, 0.2) is 18.2 Å². The number of hydrogen-bond acceptors (Lipinski definition) is 6. The van der Waals surface area contributed by atoms with Crippen molar-refractivity contribution in [2.24, 2.45) is 0 Å². The van der Waals surface area contributed by atoms with Crippen LogP contribution in [0.25, 0.3) is 0 Å². The van der Waals surface area contributed by atoms with Crippen molar-refractivity contribution < 1.29 is 14.1 Å². The number of aldehydes is 1. The fourth-order valence-corrected chi connectivity index (χ4v) is 1.13. The van der Waals surface area contributed by atoms with Crippen LogP contribution in [0, 0.1) is 10.1 Å². The van der Waals surface area contributed by atoms with Crippen molar-refractivity contribution in [1.29, 1.82) is 0 Å². The second kappa shape index (κ2) is 3.93. The Hall–Kier alpha value is -2.51. The lowest BCUT2D eigenvalue weighted by Crippen LogP contribution is -2.03. The molecule has 2 aromatic rings. The van der Waals surface area contributed by atoms with E-state index in [0.717, 1.165) is 11.0 Å². The molecule has 0 fully saturated rings. The highest BCUT2D eigenvalue weighted by atomic mass is 16.6. The van der Waals surface area contributed by atoms with Crippen LogP contribution in [0.4, 0.5) is 5.82 Å². The van der Waals surface area contributed by atoms with Gasteiger partial charge < -0.3 is 14.5 Å². The quantitative estimate of drug-likeness (QED) is 0.427. The summed E-state index contributed by atoms with van der Waals surface area (Å²) in [7, 11) is 0. The monoisotopic (exact) mass is 222 g/mol. The summed E-state index contributed by atoms with van der Waals surface area (Å²) in [6.45, 7) is 0.141. The second-order valence-corrected chi connectivity index (χ2v) is 2.91. The van der Waals surface area contributed by atoms with Crippen LogP contribution in [0.2, 0.25) is 0 Å². The normalized spacial score (nSPS) is 10.2. The molecular weight excluding hydrogens is 216 g/mol. The number of nitrogens with zero attached hydrogens (tertiary/aromatic N) is 4. The predicted molar refractivity (Wildman–Crippen MR) is 49.9 cm³/mol. The molecule has 0 atom stereocenters. The first-order valence-electron chi connectivity index (χ1n) is 4.27. The van der Waals surface area contributed by atoms with E-state index in [1.54, 1.807) is 6.07 Å². The maximum absolute atomic E-state index is 10.3. The van der Waals surface area contributed by atoms with Gasteiger partial charge in [0.05, 0.1) is 5.10 Å². The zero-order valence-corrected chi connectivity index (χ0v) is 7.94. The summed E-state index contributed by atoms with van der Waals surface area (Å²) >= 11 is 0. The van der Waals surface area contributed by atoms with E-state index in [2.05, 4.69) is 10.2 Å². The average molecular weight is 222 g/mol. The molecule has 0 saturated heterocycles. The van der Waals surface area contributed by atoms with E-state index in [9.17, 15) is 14.9 Å². The standard InChI is InChI=1S/C8H6N4O4/c13-5-7-2-1-6(16-7)4-11-9-3-8(10-11)12(14)15/h1-3,5H,4H2. The Labute approximate surface area is 88.6 Å². The minimum absolute atomic E-state index is 0.141. The van der Waals surface area contributed by atoms with E-state index in [1.807, 2.05) is 0 Å². The summed E-state index contributed by atoms with van der Waals surface area (Å²) in [5.74, 6) is 0.312. The predicted octanol–water partition coefficient (Wildman–Crippen LogP) is 0.640. The van der Waals surface area contributed by atoms with Gasteiger partial charge in [-0.15, -0.1) is 5.10 Å². The van der Waals surface area contributed by atoms with Gasteiger partial charge in [-0.3, -0.25) is 4.79 Å². The lowest BCUT2D eigenvalue weighted by molar-refractivity contribution is -0.389. The first-order valence-corrected chi connectivity index (χ1v) is 4.27. The molecule has 2 rings (SSSR count). The minimum atomic E-state index is -0.636. The molecule has 0 unspecified atom stereocenters. The van der Waals surface area contributed by atoms with Gasteiger partial charge in [0.1, 0.15) is 12.3 Å². The van der Waals surface area contributed by atoms with Crippen molar-refractivity contribution >= 4 is 12.1 Å². The maximum Gasteiger partial charge on any atom is 0.410 e. The van der Waals surface area contributed by atoms with Gasteiger partial charge in [-0.1, -0.05) is 4.80 Å². The molecule has 2 aromatic heterocycles. The highest BCUT2D eigenvalue weighted by Gasteiger charge is 2.13. The third kappa shape index (κ3) is 1.95. The SMILES string of the molecule is O=Cc1ccc(Cn2ncc([N+](=O)[O-])n2)o1. The number of rotatable bonds is 4. The highest BCUT2D eigenvalue weighted by Crippen LogP contribution is 2.08. The number of carbonyl (C=O) groups excluding carboxylic acids is 1. The molecule has 0 amide bonds. The summed E-state index contributed by atoms with van der Waals surface area (Å²) in [6, 6.07) is 3.08. The first-order chi connectivity index (χ1) is 7.69. The Bertz CT molecular complexity index is 530. The van der Waals surface area contributed by atoms with Gasteiger partial charge in [0.2, 0.25) is 0 Å². The molecule has 0 aliphatic heterocycles. The van der Waals surface area contributed by atoms with E-state index in [1.165, 1.54) is 6.07 Å². The summed E-state index contributed by atoms with van der Waals surface area (Å²) in [5.41, 5.74) is 0. The smallest absolute Gasteiger partial charge is 0.410 e. The van der Waals surface area contributed by atoms with Gasteiger partial charge in [-0.05, 0) is 17.1 Å². The molecule has 8 heteroatoms. The molecule has 0 spiro atoms. The zero-order valence-electron chi connectivity index (χ0n) is 7.94. The van der Waals surface area contributed by atoms with Crippen molar-refractivity contribution in [3.63, 3.8) is 0 Å². The molecule has 2 heterocycles. The van der Waals surface area contributed by atoms with E-state index < -0.39 is 4.92 Å². The lowest BCUT2D eigenvalue weighted by atomic mass is 10.4. The van der Waals surface area contributed by atoms with Crippen LogP contribution in [-0.4, -0.2) is 26.2 Å². The highest BCUT2D eigenvalue weighted by molar-refractivity contribution is 5.70. The molecule has 0 N–H and O–H groups in total. The number of aromatic nitrogens is 3. The summed E-state index contributed by atoms with van der Waals surface area (Å²) in [6.07, 6.45) is 1.62. The molecule has 8 nitrogen and oxygen atoms in total. The van der Waals surface area contributed by atoms with Crippen LogP contribution in [0.15, 0.2) is 22.7 Å². The summed E-state index contributed by atoms with van der Waals surface area (Å²) in [5, 5.41) is 17.6. The minimum Gasteiger partial charge on any atom is -0.456 e. The maximum atomic E-state index is 10.3. The Morgan fingerprint density at radius 2 is 2.38 bits per heavy atom. The van der Waals surface area contributed by atoms with Crippen LogP contribution in [0.5, 0.6) is 0 Å². The Kier molecular flexibility index (Phi) is 2.46. The Morgan fingerprint density at radius 1 is 1.56 bits per heavy atom. The Balaban J connectivity index is 2.13. The third-order valence-electron chi connectivity index (χ3n) is 1.81. The van der Waals surface area contributed by atoms with Gasteiger partial charge in [-0.2, -0.15) is 0 Å². The summed E-state index contributed by atoms with van der Waals surface area (Å²) in [4.78, 5) is 21.2. The molecular formula is C8H6N4O4. The van der Waals surface area contributed by atoms with Crippen LogP contribution < -0.4 is 0 Å². The van der Waals surface area contributed by atoms with Gasteiger partial charge in [0, 0.05) is 0 Å².